The molecule has 0 amide bonds. The topological polar surface area (TPSA) is 29.5 Å². The molecule has 0 aromatic heterocycles. The van der Waals surface area contributed by atoms with Gasteiger partial charge in [-0.3, -0.25) is 0 Å². The standard InChI is InChI=1S/C15H15FO2S/c1-10(17)11-3-8-15(14(16)9-11)18-12-4-6-13(19-2)7-5-12/h3-10,17H,1-2H3. The van der Waals surface area contributed by atoms with Gasteiger partial charge in [-0.15, -0.1) is 11.8 Å². The van der Waals surface area contributed by atoms with E-state index in [0.29, 0.717) is 11.3 Å². The molecule has 2 aromatic carbocycles. The molecule has 2 nitrogen and oxygen atoms in total. The number of hydrogen-bond donors (Lipinski definition) is 1. The number of ether oxygens (including phenoxy) is 1. The van der Waals surface area contributed by atoms with Crippen molar-refractivity contribution in [3.8, 4) is 11.5 Å². The van der Waals surface area contributed by atoms with E-state index in [0.717, 1.165) is 4.90 Å². The fraction of sp³-hybridized carbons (Fsp3) is 0.200. The van der Waals surface area contributed by atoms with Crippen molar-refractivity contribution in [2.75, 3.05) is 6.26 Å². The Labute approximate surface area is 116 Å². The highest BCUT2D eigenvalue weighted by atomic mass is 32.2. The van der Waals surface area contributed by atoms with Gasteiger partial charge < -0.3 is 9.84 Å². The molecule has 0 aliphatic rings. The Hall–Kier alpha value is -1.52. The van der Waals surface area contributed by atoms with Gasteiger partial charge in [-0.1, -0.05) is 6.07 Å². The Bertz CT molecular complexity index is 553. The molecule has 0 heterocycles. The van der Waals surface area contributed by atoms with Crippen LogP contribution in [0.5, 0.6) is 11.5 Å². The lowest BCUT2D eigenvalue weighted by molar-refractivity contribution is 0.198. The van der Waals surface area contributed by atoms with Crippen molar-refractivity contribution >= 4 is 11.8 Å². The lowest BCUT2D eigenvalue weighted by atomic mass is 10.1. The second-order valence-electron chi connectivity index (χ2n) is 4.14. The highest BCUT2D eigenvalue weighted by molar-refractivity contribution is 7.98. The van der Waals surface area contributed by atoms with Gasteiger partial charge in [-0.05, 0) is 55.1 Å². The average molecular weight is 278 g/mol. The predicted octanol–water partition coefficient (Wildman–Crippen LogP) is 4.39. The summed E-state index contributed by atoms with van der Waals surface area (Å²) in [7, 11) is 0. The van der Waals surface area contributed by atoms with Crippen LogP contribution in [-0.4, -0.2) is 11.4 Å². The van der Waals surface area contributed by atoms with E-state index in [2.05, 4.69) is 0 Å². The highest BCUT2D eigenvalue weighted by Gasteiger charge is 2.08. The summed E-state index contributed by atoms with van der Waals surface area (Å²) in [4.78, 5) is 1.12. The van der Waals surface area contributed by atoms with Crippen LogP contribution in [0, 0.1) is 5.82 Å². The van der Waals surface area contributed by atoms with E-state index in [1.54, 1.807) is 36.9 Å². The van der Waals surface area contributed by atoms with Crippen LogP contribution in [0.1, 0.15) is 18.6 Å². The van der Waals surface area contributed by atoms with Crippen molar-refractivity contribution < 1.29 is 14.2 Å². The second-order valence-corrected chi connectivity index (χ2v) is 5.02. The zero-order chi connectivity index (χ0) is 13.8. The summed E-state index contributed by atoms with van der Waals surface area (Å²) in [5.41, 5.74) is 0.530. The first-order chi connectivity index (χ1) is 9.10. The Morgan fingerprint density at radius 1 is 1.16 bits per heavy atom. The SMILES string of the molecule is CSc1ccc(Oc2ccc(C(C)O)cc2F)cc1. The van der Waals surface area contributed by atoms with Crippen LogP contribution in [0.3, 0.4) is 0 Å². The average Bonchev–Trinajstić information content (AvgIpc) is 2.41. The van der Waals surface area contributed by atoms with Crippen molar-refractivity contribution in [1.29, 1.82) is 0 Å². The third kappa shape index (κ3) is 3.49. The number of rotatable bonds is 4. The zero-order valence-electron chi connectivity index (χ0n) is 10.8. The van der Waals surface area contributed by atoms with E-state index >= 15 is 0 Å². The van der Waals surface area contributed by atoms with Crippen molar-refractivity contribution in [2.24, 2.45) is 0 Å². The molecule has 2 rings (SSSR count). The largest absolute Gasteiger partial charge is 0.454 e. The van der Waals surface area contributed by atoms with Gasteiger partial charge in [0.05, 0.1) is 6.10 Å². The molecule has 1 N–H and O–H groups in total. The summed E-state index contributed by atoms with van der Waals surface area (Å²) in [5, 5.41) is 9.38. The molecular formula is C15H15FO2S. The van der Waals surface area contributed by atoms with E-state index in [1.165, 1.54) is 12.1 Å². The summed E-state index contributed by atoms with van der Waals surface area (Å²) in [5.74, 6) is 0.259. The maximum absolute atomic E-state index is 13.8. The zero-order valence-corrected chi connectivity index (χ0v) is 11.6. The Morgan fingerprint density at radius 2 is 1.84 bits per heavy atom. The number of aliphatic hydroxyl groups excluding tert-OH is 1. The van der Waals surface area contributed by atoms with Gasteiger partial charge >= 0.3 is 0 Å². The molecule has 0 spiro atoms. The van der Waals surface area contributed by atoms with Gasteiger partial charge in [0.15, 0.2) is 11.6 Å². The summed E-state index contributed by atoms with van der Waals surface area (Å²) < 4.78 is 19.3. The first kappa shape index (κ1) is 13.9. The highest BCUT2D eigenvalue weighted by Crippen LogP contribution is 2.28. The van der Waals surface area contributed by atoms with E-state index in [9.17, 15) is 9.50 Å². The quantitative estimate of drug-likeness (QED) is 0.841. The molecule has 2 aromatic rings. The lowest BCUT2D eigenvalue weighted by Gasteiger charge is -2.10. The van der Waals surface area contributed by atoms with Crippen LogP contribution >= 0.6 is 11.8 Å². The summed E-state index contributed by atoms with van der Waals surface area (Å²) in [6, 6.07) is 11.9. The second kappa shape index (κ2) is 6.08. The number of benzene rings is 2. The molecular weight excluding hydrogens is 263 g/mol. The van der Waals surface area contributed by atoms with Gasteiger partial charge in [-0.2, -0.15) is 0 Å². The van der Waals surface area contributed by atoms with E-state index in [-0.39, 0.29) is 5.75 Å². The number of hydrogen-bond acceptors (Lipinski definition) is 3. The minimum atomic E-state index is -0.690. The number of halogens is 1. The van der Waals surface area contributed by atoms with Crippen LogP contribution in [-0.2, 0) is 0 Å². The van der Waals surface area contributed by atoms with Crippen LogP contribution in [0.15, 0.2) is 47.4 Å². The Balaban J connectivity index is 2.18. The van der Waals surface area contributed by atoms with Crippen LogP contribution in [0.25, 0.3) is 0 Å². The molecule has 0 bridgehead atoms. The maximum Gasteiger partial charge on any atom is 0.166 e. The molecule has 0 radical (unpaired) electrons. The predicted molar refractivity (Wildman–Crippen MR) is 75.3 cm³/mol. The van der Waals surface area contributed by atoms with Crippen LogP contribution in [0.4, 0.5) is 4.39 Å². The van der Waals surface area contributed by atoms with Crippen LogP contribution in [0.2, 0.25) is 0 Å². The molecule has 0 saturated heterocycles. The minimum absolute atomic E-state index is 0.154. The first-order valence-electron chi connectivity index (χ1n) is 5.89. The van der Waals surface area contributed by atoms with Gasteiger partial charge in [0, 0.05) is 4.90 Å². The third-order valence-electron chi connectivity index (χ3n) is 2.73. The molecule has 0 fully saturated rings. The summed E-state index contributed by atoms with van der Waals surface area (Å²) >= 11 is 1.63. The fourth-order valence-electron chi connectivity index (χ4n) is 1.63. The lowest BCUT2D eigenvalue weighted by Crippen LogP contribution is -1.94. The van der Waals surface area contributed by atoms with E-state index in [1.807, 2.05) is 18.4 Å². The minimum Gasteiger partial charge on any atom is -0.454 e. The van der Waals surface area contributed by atoms with Gasteiger partial charge in [0.25, 0.3) is 0 Å². The van der Waals surface area contributed by atoms with Crippen LogP contribution < -0.4 is 4.74 Å². The summed E-state index contributed by atoms with van der Waals surface area (Å²) in [6.45, 7) is 1.59. The number of aliphatic hydroxyl groups is 1. The molecule has 0 aliphatic heterocycles. The Kier molecular flexibility index (Phi) is 4.45. The fourth-order valence-corrected chi connectivity index (χ4v) is 2.04. The monoisotopic (exact) mass is 278 g/mol. The molecule has 0 aliphatic carbocycles. The maximum atomic E-state index is 13.8. The molecule has 0 saturated carbocycles. The molecule has 4 heteroatoms. The smallest absolute Gasteiger partial charge is 0.166 e. The van der Waals surface area contributed by atoms with Gasteiger partial charge in [0.1, 0.15) is 5.75 Å². The van der Waals surface area contributed by atoms with Crippen molar-refractivity contribution in [3.63, 3.8) is 0 Å². The van der Waals surface area contributed by atoms with Gasteiger partial charge in [-0.25, -0.2) is 4.39 Å². The summed E-state index contributed by atoms with van der Waals surface area (Å²) in [6.07, 6.45) is 1.30. The molecule has 100 valence electrons. The molecule has 19 heavy (non-hydrogen) atoms. The van der Waals surface area contributed by atoms with E-state index in [4.69, 9.17) is 4.74 Å². The molecule has 1 unspecified atom stereocenters. The third-order valence-corrected chi connectivity index (χ3v) is 3.47. The van der Waals surface area contributed by atoms with Crippen molar-refractivity contribution in [1.82, 2.24) is 0 Å². The molecule has 1 atom stereocenters. The normalized spacial score (nSPS) is 12.2. The van der Waals surface area contributed by atoms with Gasteiger partial charge in [0.2, 0.25) is 0 Å². The van der Waals surface area contributed by atoms with Crippen molar-refractivity contribution in [3.05, 3.63) is 53.8 Å². The van der Waals surface area contributed by atoms with Crippen molar-refractivity contribution in [2.45, 2.75) is 17.9 Å². The first-order valence-corrected chi connectivity index (χ1v) is 7.12. The van der Waals surface area contributed by atoms with E-state index < -0.39 is 11.9 Å². The Morgan fingerprint density at radius 3 is 2.37 bits per heavy atom. The number of thioether (sulfide) groups is 1.